The number of anilines is 1. The number of aryl methyl sites for hydroxylation is 2. The van der Waals surface area contributed by atoms with Crippen molar-refractivity contribution < 1.29 is 18.0 Å². The lowest BCUT2D eigenvalue weighted by atomic mass is 10.1. The molecule has 160 valence electrons. The molecule has 1 aliphatic heterocycles. The number of thiazole rings is 1. The molecule has 0 radical (unpaired) electrons. The highest BCUT2D eigenvalue weighted by Crippen LogP contribution is 2.29. The molecule has 0 saturated carbocycles. The number of carbonyl (C=O) groups is 1. The van der Waals surface area contributed by atoms with Crippen LogP contribution in [0.2, 0.25) is 0 Å². The number of likely N-dealkylation sites (N-methyl/N-ethyl adjacent to an activating group) is 1. The summed E-state index contributed by atoms with van der Waals surface area (Å²) in [6.07, 6.45) is -3.31. The van der Waals surface area contributed by atoms with Gasteiger partial charge in [-0.15, -0.1) is 16.4 Å². The van der Waals surface area contributed by atoms with Crippen LogP contribution in [0.5, 0.6) is 0 Å². The normalized spacial score (nSPS) is 14.9. The number of carbonyl (C=O) groups excluding carboxylic acids is 1. The third-order valence-electron chi connectivity index (χ3n) is 5.07. The third-order valence-corrected chi connectivity index (χ3v) is 6.07. The molecule has 0 bridgehead atoms. The van der Waals surface area contributed by atoms with Crippen molar-refractivity contribution in [2.24, 2.45) is 0 Å². The minimum Gasteiger partial charge on any atom is -0.302 e. The summed E-state index contributed by atoms with van der Waals surface area (Å²) in [7, 11) is 2.04. The van der Waals surface area contributed by atoms with Crippen molar-refractivity contribution >= 4 is 28.2 Å². The molecule has 3 aromatic rings. The van der Waals surface area contributed by atoms with Crippen molar-refractivity contribution in [2.75, 3.05) is 18.9 Å². The van der Waals surface area contributed by atoms with E-state index in [1.54, 1.807) is 13.8 Å². The minimum atomic E-state index is -4.64. The molecule has 0 unspecified atom stereocenters. The fraction of sp³-hybridized carbons (Fsp3) is 0.500. The summed E-state index contributed by atoms with van der Waals surface area (Å²) < 4.78 is 39.8. The maximum absolute atomic E-state index is 12.9. The quantitative estimate of drug-likeness (QED) is 0.673. The predicted molar refractivity (Wildman–Crippen MR) is 104 cm³/mol. The summed E-state index contributed by atoms with van der Waals surface area (Å²) in [5, 5.41) is 6.94. The van der Waals surface area contributed by atoms with Gasteiger partial charge in [0.2, 0.25) is 5.91 Å². The van der Waals surface area contributed by atoms with Crippen molar-refractivity contribution in [3.8, 4) is 0 Å². The fourth-order valence-corrected chi connectivity index (χ4v) is 4.59. The number of rotatable bonds is 4. The number of halogens is 3. The van der Waals surface area contributed by atoms with Gasteiger partial charge in [0.1, 0.15) is 0 Å². The summed E-state index contributed by atoms with van der Waals surface area (Å²) in [5.74, 6) is -1.54. The monoisotopic (exact) mass is 439 g/mol. The van der Waals surface area contributed by atoms with E-state index < -0.39 is 12.0 Å². The van der Waals surface area contributed by atoms with Gasteiger partial charge in [0.15, 0.2) is 5.13 Å². The van der Waals surface area contributed by atoms with Crippen molar-refractivity contribution in [2.45, 2.75) is 45.8 Å². The summed E-state index contributed by atoms with van der Waals surface area (Å²) in [5.41, 5.74) is 2.72. The van der Waals surface area contributed by atoms with E-state index in [1.165, 1.54) is 11.3 Å². The largest absolute Gasteiger partial charge is 0.453 e. The maximum atomic E-state index is 12.9. The van der Waals surface area contributed by atoms with Crippen LogP contribution < -0.4 is 5.32 Å². The van der Waals surface area contributed by atoms with E-state index >= 15 is 0 Å². The van der Waals surface area contributed by atoms with E-state index in [4.69, 9.17) is 0 Å². The van der Waals surface area contributed by atoms with Crippen molar-refractivity contribution in [3.63, 3.8) is 0 Å². The highest BCUT2D eigenvalue weighted by atomic mass is 32.1. The lowest BCUT2D eigenvalue weighted by Gasteiger charge is -2.20. The number of aromatic nitrogens is 5. The van der Waals surface area contributed by atoms with Crippen LogP contribution in [0.25, 0.3) is 5.78 Å². The summed E-state index contributed by atoms with van der Waals surface area (Å²) in [6.45, 7) is 5.10. The number of hydrogen-bond donors (Lipinski definition) is 1. The predicted octanol–water partition coefficient (Wildman–Crippen LogP) is 2.78. The number of nitrogens with zero attached hydrogens (tertiary/aromatic N) is 6. The number of amides is 1. The molecule has 0 atom stereocenters. The lowest BCUT2D eigenvalue weighted by Crippen LogP contribution is -2.25. The lowest BCUT2D eigenvalue weighted by molar-refractivity contribution is -0.144. The van der Waals surface area contributed by atoms with Crippen LogP contribution in [-0.2, 0) is 30.4 Å². The average molecular weight is 439 g/mol. The van der Waals surface area contributed by atoms with Crippen LogP contribution in [0.4, 0.5) is 18.3 Å². The Morgan fingerprint density at radius 3 is 2.73 bits per heavy atom. The first-order chi connectivity index (χ1) is 14.1. The van der Waals surface area contributed by atoms with Gasteiger partial charge in [0.25, 0.3) is 11.6 Å². The molecule has 0 fully saturated rings. The topological polar surface area (TPSA) is 88.3 Å². The van der Waals surface area contributed by atoms with Crippen LogP contribution in [0, 0.1) is 13.8 Å². The molecule has 1 aliphatic rings. The van der Waals surface area contributed by atoms with Gasteiger partial charge in [0.05, 0.1) is 5.69 Å². The van der Waals surface area contributed by atoms with Crippen molar-refractivity contribution in [1.82, 2.24) is 29.5 Å². The Kier molecular flexibility index (Phi) is 5.22. The number of hydrogen-bond acceptors (Lipinski definition) is 7. The Labute approximate surface area is 174 Å². The van der Waals surface area contributed by atoms with E-state index in [0.29, 0.717) is 28.5 Å². The molecule has 1 amide bonds. The minimum absolute atomic E-state index is 0.108. The average Bonchev–Trinajstić information content (AvgIpc) is 3.24. The molecule has 0 aromatic carbocycles. The Balaban J connectivity index is 1.47. The Bertz CT molecular complexity index is 1120. The van der Waals surface area contributed by atoms with Gasteiger partial charge in [-0.3, -0.25) is 4.79 Å². The van der Waals surface area contributed by atoms with E-state index in [1.807, 2.05) is 7.05 Å². The van der Waals surface area contributed by atoms with Crippen LogP contribution in [-0.4, -0.2) is 49.0 Å². The zero-order chi connectivity index (χ0) is 21.6. The summed E-state index contributed by atoms with van der Waals surface area (Å²) in [6, 6.07) is 0. The Hall–Kier alpha value is -2.60. The smallest absolute Gasteiger partial charge is 0.302 e. The molecular weight excluding hydrogens is 419 g/mol. The second-order valence-electron chi connectivity index (χ2n) is 7.33. The maximum Gasteiger partial charge on any atom is 0.453 e. The SMILES string of the molecule is Cc1nc2nc(C(F)(F)F)nn2c(C)c1CCC(=O)Nc1nc2c(s1)CN(C)CC2. The van der Waals surface area contributed by atoms with Crippen LogP contribution in [0.1, 0.15) is 39.8 Å². The summed E-state index contributed by atoms with van der Waals surface area (Å²) in [4.78, 5) is 27.9. The van der Waals surface area contributed by atoms with Crippen LogP contribution in [0.3, 0.4) is 0 Å². The molecule has 0 spiro atoms. The molecule has 1 N–H and O–H groups in total. The van der Waals surface area contributed by atoms with Crippen LogP contribution in [0.15, 0.2) is 0 Å². The molecule has 8 nitrogen and oxygen atoms in total. The second kappa shape index (κ2) is 7.58. The zero-order valence-corrected chi connectivity index (χ0v) is 17.5. The number of nitrogens with one attached hydrogen (secondary N) is 1. The van der Waals surface area contributed by atoms with E-state index in [-0.39, 0.29) is 18.1 Å². The van der Waals surface area contributed by atoms with Crippen molar-refractivity contribution in [3.05, 3.63) is 33.3 Å². The van der Waals surface area contributed by atoms with E-state index in [2.05, 4.69) is 30.3 Å². The van der Waals surface area contributed by atoms with Gasteiger partial charge in [-0.25, -0.2) is 14.5 Å². The first kappa shape index (κ1) is 20.7. The second-order valence-corrected chi connectivity index (χ2v) is 8.41. The summed E-state index contributed by atoms with van der Waals surface area (Å²) >= 11 is 1.48. The first-order valence-corrected chi connectivity index (χ1v) is 10.2. The Morgan fingerprint density at radius 1 is 1.23 bits per heavy atom. The zero-order valence-electron chi connectivity index (χ0n) is 16.7. The molecule has 4 heterocycles. The highest BCUT2D eigenvalue weighted by Gasteiger charge is 2.37. The van der Waals surface area contributed by atoms with Gasteiger partial charge in [-0.2, -0.15) is 18.2 Å². The number of fused-ring (bicyclic) bond motifs is 2. The first-order valence-electron chi connectivity index (χ1n) is 9.39. The Morgan fingerprint density at radius 2 is 2.00 bits per heavy atom. The van der Waals surface area contributed by atoms with E-state index in [0.717, 1.165) is 34.6 Å². The molecule has 0 saturated heterocycles. The third kappa shape index (κ3) is 4.01. The molecule has 12 heteroatoms. The van der Waals surface area contributed by atoms with Crippen LogP contribution >= 0.6 is 11.3 Å². The standard InChI is InChI=1S/C18H20F3N7OS/c1-9-11(10(2)28-16(22-9)25-15(26-28)18(19,20)21)4-5-14(29)24-17-23-12-6-7-27(3)8-13(12)30-17/h4-8H2,1-3H3,(H,23,24,29). The number of alkyl halides is 3. The molecular formula is C18H20F3N7OS. The molecule has 0 aliphatic carbocycles. The van der Waals surface area contributed by atoms with E-state index in [9.17, 15) is 18.0 Å². The fourth-order valence-electron chi connectivity index (χ4n) is 3.49. The molecule has 4 rings (SSSR count). The highest BCUT2D eigenvalue weighted by molar-refractivity contribution is 7.15. The van der Waals surface area contributed by atoms with Crippen molar-refractivity contribution in [1.29, 1.82) is 0 Å². The molecule has 30 heavy (non-hydrogen) atoms. The van der Waals surface area contributed by atoms with Gasteiger partial charge < -0.3 is 10.2 Å². The van der Waals surface area contributed by atoms with Gasteiger partial charge >= 0.3 is 6.18 Å². The van der Waals surface area contributed by atoms with Gasteiger partial charge in [0, 0.05) is 42.2 Å². The van der Waals surface area contributed by atoms with Gasteiger partial charge in [-0.1, -0.05) is 0 Å². The van der Waals surface area contributed by atoms with Gasteiger partial charge in [-0.05, 0) is 32.9 Å². The molecule has 3 aromatic heterocycles.